The molecule has 30 heavy (non-hydrogen) atoms. The Hall–Kier alpha value is -2.18. The van der Waals surface area contributed by atoms with E-state index in [2.05, 4.69) is 40.4 Å². The van der Waals surface area contributed by atoms with Crippen molar-refractivity contribution in [1.29, 1.82) is 0 Å². The van der Waals surface area contributed by atoms with Crippen LogP contribution in [0.1, 0.15) is 33.3 Å². The highest BCUT2D eigenvalue weighted by molar-refractivity contribution is 6.74. The number of hydrogen-bond donors (Lipinski definition) is 0. The van der Waals surface area contributed by atoms with Gasteiger partial charge in [0, 0.05) is 0 Å². The van der Waals surface area contributed by atoms with Gasteiger partial charge in [-0.15, -0.1) is 6.58 Å². The molecule has 164 valence electrons. The minimum atomic E-state index is -2.15. The normalized spacial score (nSPS) is 19.6. The van der Waals surface area contributed by atoms with Gasteiger partial charge in [-0.25, -0.2) is 9.69 Å². The number of ether oxygens (including phenoxy) is 1. The summed E-state index contributed by atoms with van der Waals surface area (Å²) in [5, 5.41) is -0.00990. The predicted molar refractivity (Wildman–Crippen MR) is 123 cm³/mol. The summed E-state index contributed by atoms with van der Waals surface area (Å²) >= 11 is 0. The van der Waals surface area contributed by atoms with Gasteiger partial charge in [-0.2, -0.15) is 0 Å². The maximum atomic E-state index is 13.5. The van der Waals surface area contributed by atoms with Gasteiger partial charge in [-0.3, -0.25) is 4.79 Å². The van der Waals surface area contributed by atoms with E-state index in [1.807, 2.05) is 49.4 Å². The molecule has 5 nitrogen and oxygen atoms in total. The molecule has 0 spiro atoms. The Morgan fingerprint density at radius 1 is 1.33 bits per heavy atom. The lowest BCUT2D eigenvalue weighted by Crippen LogP contribution is -2.50. The van der Waals surface area contributed by atoms with Crippen molar-refractivity contribution in [2.24, 2.45) is 5.92 Å². The highest BCUT2D eigenvalue weighted by atomic mass is 28.4. The van der Waals surface area contributed by atoms with E-state index in [1.165, 1.54) is 4.90 Å². The fraction of sp³-hybridized carbons (Fsp3) is 0.500. The number of imide groups is 1. The average Bonchev–Trinajstić information content (AvgIpc) is 3.02. The van der Waals surface area contributed by atoms with Crippen LogP contribution < -0.4 is 0 Å². The largest absolute Gasteiger partial charge is 0.447 e. The van der Waals surface area contributed by atoms with Crippen molar-refractivity contribution in [2.75, 3.05) is 6.61 Å². The number of carbonyl (C=O) groups is 2. The predicted octanol–water partition coefficient (Wildman–Crippen LogP) is 5.35. The molecule has 2 amide bonds. The standard InChI is InChI=1S/C24H35NO4Si/c1-8-13-21(29-30(6,7)24(3,4)5)20(9-2)22(26)25-19(17-28-23(25)27)16-18-14-11-10-12-15-18/h8-15,19-21H,2,16-17H2,1,3-7H3/b13-8+/t19-,20-,21+/m0/s1. The first-order chi connectivity index (χ1) is 14.0. The van der Waals surface area contributed by atoms with Crippen molar-refractivity contribution in [3.05, 3.63) is 60.7 Å². The zero-order chi connectivity index (χ0) is 22.5. The van der Waals surface area contributed by atoms with Gasteiger partial charge >= 0.3 is 6.09 Å². The van der Waals surface area contributed by atoms with E-state index in [1.54, 1.807) is 6.08 Å². The van der Waals surface area contributed by atoms with Gasteiger partial charge in [0.15, 0.2) is 8.32 Å². The molecule has 0 aromatic heterocycles. The Morgan fingerprint density at radius 2 is 1.97 bits per heavy atom. The molecule has 0 unspecified atom stereocenters. The molecule has 2 rings (SSSR count). The number of cyclic esters (lactones) is 1. The van der Waals surface area contributed by atoms with Crippen LogP contribution in [-0.4, -0.2) is 44.0 Å². The third-order valence-electron chi connectivity index (χ3n) is 6.02. The summed E-state index contributed by atoms with van der Waals surface area (Å²) in [6.45, 7) is 16.7. The highest BCUT2D eigenvalue weighted by Crippen LogP contribution is 2.38. The fourth-order valence-corrected chi connectivity index (χ4v) is 4.50. The molecule has 0 aliphatic carbocycles. The summed E-state index contributed by atoms with van der Waals surface area (Å²) in [5.74, 6) is -0.991. The van der Waals surface area contributed by atoms with Crippen LogP contribution in [0.25, 0.3) is 0 Å². The molecule has 1 fully saturated rings. The summed E-state index contributed by atoms with van der Waals surface area (Å²) < 4.78 is 11.8. The zero-order valence-electron chi connectivity index (χ0n) is 19.1. The molecule has 1 aliphatic rings. The Labute approximate surface area is 181 Å². The van der Waals surface area contributed by atoms with E-state index >= 15 is 0 Å². The van der Waals surface area contributed by atoms with Crippen LogP contribution in [0.4, 0.5) is 4.79 Å². The molecule has 6 heteroatoms. The second kappa shape index (κ2) is 9.75. The van der Waals surface area contributed by atoms with Crippen molar-refractivity contribution in [2.45, 2.75) is 64.4 Å². The van der Waals surface area contributed by atoms with Crippen LogP contribution in [0, 0.1) is 5.92 Å². The molecule has 1 heterocycles. The second-order valence-corrected chi connectivity index (χ2v) is 14.0. The second-order valence-electron chi connectivity index (χ2n) is 9.26. The molecule has 0 radical (unpaired) electrons. The topological polar surface area (TPSA) is 55.8 Å². The number of hydrogen-bond acceptors (Lipinski definition) is 4. The third-order valence-corrected chi connectivity index (χ3v) is 10.5. The molecule has 0 bridgehead atoms. The summed E-state index contributed by atoms with van der Waals surface area (Å²) in [4.78, 5) is 27.2. The van der Waals surface area contributed by atoms with Crippen LogP contribution in [0.3, 0.4) is 0 Å². The smallest absolute Gasteiger partial charge is 0.417 e. The minimum absolute atomic E-state index is 0.00990. The number of allylic oxidation sites excluding steroid dienone is 1. The lowest BCUT2D eigenvalue weighted by Gasteiger charge is -2.40. The fourth-order valence-electron chi connectivity index (χ4n) is 3.24. The summed E-state index contributed by atoms with van der Waals surface area (Å²) in [6.07, 6.45) is 4.83. The maximum Gasteiger partial charge on any atom is 0.417 e. The summed E-state index contributed by atoms with van der Waals surface area (Å²) in [7, 11) is -2.15. The van der Waals surface area contributed by atoms with Gasteiger partial charge in [0.05, 0.1) is 18.1 Å². The van der Waals surface area contributed by atoms with Gasteiger partial charge in [-0.05, 0) is 37.0 Å². The van der Waals surface area contributed by atoms with E-state index in [0.717, 1.165) is 5.56 Å². The lowest BCUT2D eigenvalue weighted by atomic mass is 9.98. The highest BCUT2D eigenvalue weighted by Gasteiger charge is 2.45. The van der Waals surface area contributed by atoms with Crippen LogP contribution in [-0.2, 0) is 20.4 Å². The van der Waals surface area contributed by atoms with Crippen LogP contribution in [0.15, 0.2) is 55.1 Å². The summed E-state index contributed by atoms with van der Waals surface area (Å²) in [6, 6.07) is 9.46. The number of nitrogens with zero attached hydrogens (tertiary/aromatic N) is 1. The van der Waals surface area contributed by atoms with Gasteiger partial charge in [0.2, 0.25) is 5.91 Å². The van der Waals surface area contributed by atoms with Crippen LogP contribution in [0.2, 0.25) is 18.1 Å². The zero-order valence-corrected chi connectivity index (χ0v) is 20.1. The van der Waals surface area contributed by atoms with Gasteiger partial charge in [-0.1, -0.05) is 69.3 Å². The van der Waals surface area contributed by atoms with E-state index in [0.29, 0.717) is 6.42 Å². The number of carbonyl (C=O) groups excluding carboxylic acids is 2. The monoisotopic (exact) mass is 429 g/mol. The molecule has 1 aromatic carbocycles. The number of rotatable bonds is 8. The molecule has 0 saturated carbocycles. The van der Waals surface area contributed by atoms with E-state index in [-0.39, 0.29) is 23.6 Å². The molecular formula is C24H35NO4Si. The quantitative estimate of drug-likeness (QED) is 0.413. The SMILES string of the molecule is C=C[C@H](C(=O)N1C(=O)OC[C@@H]1Cc1ccccc1)[C@@H](/C=C/C)O[Si](C)(C)C(C)(C)C. The Kier molecular flexibility index (Phi) is 7.83. The van der Waals surface area contributed by atoms with Gasteiger partial charge < -0.3 is 9.16 Å². The van der Waals surface area contributed by atoms with Crippen molar-refractivity contribution < 1.29 is 18.8 Å². The van der Waals surface area contributed by atoms with Crippen molar-refractivity contribution in [3.8, 4) is 0 Å². The number of amides is 2. The average molecular weight is 430 g/mol. The summed E-state index contributed by atoms with van der Waals surface area (Å²) in [5.41, 5.74) is 1.05. The molecule has 3 atom stereocenters. The van der Waals surface area contributed by atoms with Gasteiger partial charge in [0.1, 0.15) is 6.61 Å². The molecule has 1 aromatic rings. The Bertz CT molecular complexity index is 782. The van der Waals surface area contributed by atoms with Crippen LogP contribution in [0.5, 0.6) is 0 Å². The first kappa shape index (κ1) is 24.1. The Balaban J connectivity index is 2.28. The molecule has 0 N–H and O–H groups in total. The third kappa shape index (κ3) is 5.49. The van der Waals surface area contributed by atoms with Crippen LogP contribution >= 0.6 is 0 Å². The van der Waals surface area contributed by atoms with Crippen molar-refractivity contribution in [1.82, 2.24) is 4.90 Å². The minimum Gasteiger partial charge on any atom is -0.447 e. The van der Waals surface area contributed by atoms with Crippen molar-refractivity contribution in [3.63, 3.8) is 0 Å². The van der Waals surface area contributed by atoms with E-state index in [4.69, 9.17) is 9.16 Å². The molecular weight excluding hydrogens is 394 g/mol. The molecule has 1 aliphatic heterocycles. The van der Waals surface area contributed by atoms with Gasteiger partial charge in [0.25, 0.3) is 0 Å². The first-order valence-electron chi connectivity index (χ1n) is 10.5. The molecule has 1 saturated heterocycles. The lowest BCUT2D eigenvalue weighted by molar-refractivity contribution is -0.133. The Morgan fingerprint density at radius 3 is 2.50 bits per heavy atom. The van der Waals surface area contributed by atoms with E-state index in [9.17, 15) is 9.59 Å². The van der Waals surface area contributed by atoms with Crippen molar-refractivity contribution >= 4 is 20.3 Å². The number of benzene rings is 1. The van der Waals surface area contributed by atoms with E-state index < -0.39 is 26.4 Å². The maximum absolute atomic E-state index is 13.5. The first-order valence-corrected chi connectivity index (χ1v) is 13.4.